The summed E-state index contributed by atoms with van der Waals surface area (Å²) in [7, 11) is 0. The summed E-state index contributed by atoms with van der Waals surface area (Å²) >= 11 is 0. The number of aromatic nitrogens is 2. The summed E-state index contributed by atoms with van der Waals surface area (Å²) < 4.78 is 13.1. The third-order valence-corrected chi connectivity index (χ3v) is 4.71. The summed E-state index contributed by atoms with van der Waals surface area (Å²) in [6, 6.07) is 13.1. The summed E-state index contributed by atoms with van der Waals surface area (Å²) in [5.74, 6) is 0.560. The van der Waals surface area contributed by atoms with Crippen LogP contribution in [0.15, 0.2) is 54.9 Å². The fourth-order valence-electron chi connectivity index (χ4n) is 3.20. The molecule has 3 aromatic rings. The summed E-state index contributed by atoms with van der Waals surface area (Å²) in [5.41, 5.74) is 2.32. The number of ether oxygens (including phenoxy) is 2. The number of rotatable bonds is 7. The molecule has 0 aliphatic carbocycles. The number of carbonyl (C=O) groups is 1. The van der Waals surface area contributed by atoms with Gasteiger partial charge in [0, 0.05) is 44.1 Å². The van der Waals surface area contributed by atoms with Crippen LogP contribution in [0.5, 0.6) is 5.75 Å². The van der Waals surface area contributed by atoms with Crippen molar-refractivity contribution in [1.29, 1.82) is 0 Å². The number of pyridine rings is 1. The minimum atomic E-state index is -0.0913. The van der Waals surface area contributed by atoms with Gasteiger partial charge in [0.2, 0.25) is 0 Å². The van der Waals surface area contributed by atoms with Crippen molar-refractivity contribution < 1.29 is 14.3 Å². The maximum absolute atomic E-state index is 12.4. The van der Waals surface area contributed by atoms with Crippen molar-refractivity contribution in [1.82, 2.24) is 19.6 Å². The molecule has 0 atom stereocenters. The van der Waals surface area contributed by atoms with Gasteiger partial charge in [-0.3, -0.25) is 9.69 Å². The molecular formula is C21H24N4O3. The molecule has 0 saturated carbocycles. The maximum atomic E-state index is 12.4. The normalized spacial score (nSPS) is 14.9. The van der Waals surface area contributed by atoms with E-state index in [9.17, 15) is 4.79 Å². The molecule has 2 aromatic heterocycles. The second kappa shape index (κ2) is 8.86. The molecule has 1 aliphatic heterocycles. The highest BCUT2D eigenvalue weighted by Gasteiger charge is 2.11. The van der Waals surface area contributed by atoms with Crippen LogP contribution in [-0.2, 0) is 11.3 Å². The largest absolute Gasteiger partial charge is 0.487 e. The van der Waals surface area contributed by atoms with Gasteiger partial charge in [0.05, 0.1) is 18.9 Å². The average molecular weight is 380 g/mol. The molecule has 1 aliphatic rings. The highest BCUT2D eigenvalue weighted by molar-refractivity contribution is 5.94. The van der Waals surface area contributed by atoms with Crippen LogP contribution in [0.25, 0.3) is 5.65 Å². The lowest BCUT2D eigenvalue weighted by molar-refractivity contribution is 0.0383. The summed E-state index contributed by atoms with van der Waals surface area (Å²) in [6.07, 6.45) is 3.89. The van der Waals surface area contributed by atoms with E-state index >= 15 is 0 Å². The molecule has 28 heavy (non-hydrogen) atoms. The van der Waals surface area contributed by atoms with Gasteiger partial charge in [-0.2, -0.15) is 0 Å². The Morgan fingerprint density at radius 3 is 2.93 bits per heavy atom. The zero-order chi connectivity index (χ0) is 19.2. The highest BCUT2D eigenvalue weighted by Crippen LogP contribution is 2.15. The first kappa shape index (κ1) is 18.5. The molecule has 1 N–H and O–H groups in total. The molecule has 4 rings (SSSR count). The molecule has 0 radical (unpaired) electrons. The topological polar surface area (TPSA) is 68.1 Å². The second-order valence-corrected chi connectivity index (χ2v) is 6.72. The number of hydrogen-bond acceptors (Lipinski definition) is 5. The molecule has 1 saturated heterocycles. The molecule has 7 heteroatoms. The quantitative estimate of drug-likeness (QED) is 0.679. The third kappa shape index (κ3) is 4.68. The predicted octanol–water partition coefficient (Wildman–Crippen LogP) is 1.98. The minimum absolute atomic E-state index is 0.0913. The molecule has 0 unspecified atom stereocenters. The standard InChI is InChI=1S/C21H24N4O3/c26-21(22-7-9-24-10-12-27-13-11-24)17-4-3-5-19(14-17)28-16-18-15-25-8-2-1-6-20(25)23-18/h1-6,8,14-15H,7,9-13,16H2,(H,22,26). The number of hydrogen-bond donors (Lipinski definition) is 1. The molecule has 1 amide bonds. The summed E-state index contributed by atoms with van der Waals surface area (Å²) in [5, 5.41) is 2.97. The van der Waals surface area contributed by atoms with Gasteiger partial charge in [0.25, 0.3) is 5.91 Å². The van der Waals surface area contributed by atoms with Crippen LogP contribution in [0.2, 0.25) is 0 Å². The Bertz CT molecular complexity index is 901. The summed E-state index contributed by atoms with van der Waals surface area (Å²) in [6.45, 7) is 5.16. The Labute approximate surface area is 163 Å². The van der Waals surface area contributed by atoms with Crippen molar-refractivity contribution in [2.24, 2.45) is 0 Å². The van der Waals surface area contributed by atoms with E-state index in [4.69, 9.17) is 9.47 Å². The van der Waals surface area contributed by atoms with Crippen molar-refractivity contribution in [3.8, 4) is 5.75 Å². The van der Waals surface area contributed by atoms with Gasteiger partial charge in [0.1, 0.15) is 18.0 Å². The number of nitrogens with zero attached hydrogens (tertiary/aromatic N) is 3. The number of imidazole rings is 1. The van der Waals surface area contributed by atoms with Crippen LogP contribution in [0, 0.1) is 0 Å². The average Bonchev–Trinajstić information content (AvgIpc) is 3.16. The first-order valence-corrected chi connectivity index (χ1v) is 9.52. The van der Waals surface area contributed by atoms with E-state index in [1.54, 1.807) is 12.1 Å². The minimum Gasteiger partial charge on any atom is -0.487 e. The molecular weight excluding hydrogens is 356 g/mol. The lowest BCUT2D eigenvalue weighted by Crippen LogP contribution is -2.41. The lowest BCUT2D eigenvalue weighted by Gasteiger charge is -2.26. The molecule has 0 spiro atoms. The van der Waals surface area contributed by atoms with Crippen molar-refractivity contribution in [3.05, 3.63) is 66.1 Å². The van der Waals surface area contributed by atoms with E-state index in [1.807, 2.05) is 47.1 Å². The summed E-state index contributed by atoms with van der Waals surface area (Å²) in [4.78, 5) is 19.2. The number of morpholine rings is 1. The van der Waals surface area contributed by atoms with Gasteiger partial charge in [-0.15, -0.1) is 0 Å². The predicted molar refractivity (Wildman–Crippen MR) is 106 cm³/mol. The smallest absolute Gasteiger partial charge is 0.251 e. The van der Waals surface area contributed by atoms with Crippen LogP contribution in [0.3, 0.4) is 0 Å². The Morgan fingerprint density at radius 2 is 2.07 bits per heavy atom. The highest BCUT2D eigenvalue weighted by atomic mass is 16.5. The molecule has 1 aromatic carbocycles. The number of carbonyl (C=O) groups excluding carboxylic acids is 1. The Kier molecular flexibility index (Phi) is 5.84. The first-order chi connectivity index (χ1) is 13.8. The number of fused-ring (bicyclic) bond motifs is 1. The molecule has 146 valence electrons. The third-order valence-electron chi connectivity index (χ3n) is 4.71. The fourth-order valence-corrected chi connectivity index (χ4v) is 3.20. The van der Waals surface area contributed by atoms with Crippen molar-refractivity contribution in [3.63, 3.8) is 0 Å². The van der Waals surface area contributed by atoms with E-state index in [1.165, 1.54) is 0 Å². The zero-order valence-corrected chi connectivity index (χ0v) is 15.7. The maximum Gasteiger partial charge on any atom is 0.251 e. The van der Waals surface area contributed by atoms with Crippen LogP contribution < -0.4 is 10.1 Å². The van der Waals surface area contributed by atoms with Gasteiger partial charge in [-0.25, -0.2) is 4.98 Å². The van der Waals surface area contributed by atoms with E-state index < -0.39 is 0 Å². The van der Waals surface area contributed by atoms with Gasteiger partial charge in [0.15, 0.2) is 0 Å². The Balaban J connectivity index is 1.29. The second-order valence-electron chi connectivity index (χ2n) is 6.72. The van der Waals surface area contributed by atoms with Crippen LogP contribution in [-0.4, -0.2) is 59.6 Å². The fraction of sp³-hybridized carbons (Fsp3) is 0.333. The molecule has 1 fully saturated rings. The van der Waals surface area contributed by atoms with Crippen LogP contribution >= 0.6 is 0 Å². The first-order valence-electron chi connectivity index (χ1n) is 9.52. The van der Waals surface area contributed by atoms with Crippen molar-refractivity contribution >= 4 is 11.6 Å². The molecule has 3 heterocycles. The van der Waals surface area contributed by atoms with E-state index in [0.717, 1.165) is 44.2 Å². The van der Waals surface area contributed by atoms with Gasteiger partial charge in [-0.1, -0.05) is 12.1 Å². The number of nitrogens with one attached hydrogen (secondary N) is 1. The lowest BCUT2D eigenvalue weighted by atomic mass is 10.2. The monoisotopic (exact) mass is 380 g/mol. The van der Waals surface area contributed by atoms with Gasteiger partial charge >= 0.3 is 0 Å². The van der Waals surface area contributed by atoms with Gasteiger partial charge < -0.3 is 19.2 Å². The zero-order valence-electron chi connectivity index (χ0n) is 15.7. The van der Waals surface area contributed by atoms with Gasteiger partial charge in [-0.05, 0) is 30.3 Å². The van der Waals surface area contributed by atoms with Crippen molar-refractivity contribution in [2.75, 3.05) is 39.4 Å². The van der Waals surface area contributed by atoms with Crippen LogP contribution in [0.4, 0.5) is 0 Å². The Hall–Kier alpha value is -2.90. The van der Waals surface area contributed by atoms with Crippen molar-refractivity contribution in [2.45, 2.75) is 6.61 Å². The molecule has 7 nitrogen and oxygen atoms in total. The number of amides is 1. The number of benzene rings is 1. The van der Waals surface area contributed by atoms with E-state index in [2.05, 4.69) is 15.2 Å². The van der Waals surface area contributed by atoms with Crippen LogP contribution in [0.1, 0.15) is 16.1 Å². The SMILES string of the molecule is O=C(NCCN1CCOCC1)c1cccc(OCc2cn3ccccc3n2)c1. The van der Waals surface area contributed by atoms with E-state index in [-0.39, 0.29) is 5.91 Å². The van der Waals surface area contributed by atoms with E-state index in [0.29, 0.717) is 24.5 Å². The molecule has 0 bridgehead atoms. The Morgan fingerprint density at radius 1 is 1.18 bits per heavy atom.